The van der Waals surface area contributed by atoms with Crippen LogP contribution in [0.2, 0.25) is 0 Å². The van der Waals surface area contributed by atoms with Gasteiger partial charge in [-0.2, -0.15) is 0 Å². The Morgan fingerprint density at radius 2 is 1.50 bits per heavy atom. The molecule has 2 fully saturated rings. The van der Waals surface area contributed by atoms with Gasteiger partial charge in [-0.3, -0.25) is 9.59 Å². The van der Waals surface area contributed by atoms with E-state index in [-0.39, 0.29) is 17.3 Å². The molecule has 4 nitrogen and oxygen atoms in total. The van der Waals surface area contributed by atoms with Crippen molar-refractivity contribution in [3.8, 4) is 0 Å². The molecule has 2 saturated heterocycles. The molecule has 0 unspecified atom stereocenters. The third kappa shape index (κ3) is 3.52. The zero-order chi connectivity index (χ0) is 19.6. The highest BCUT2D eigenvalue weighted by Crippen LogP contribution is 2.40. The highest BCUT2D eigenvalue weighted by molar-refractivity contribution is 6.27. The summed E-state index contributed by atoms with van der Waals surface area (Å²) in [4.78, 5) is 29.9. The number of Topliss-reactive ketones (excluding diaryl/α,β-unsaturated/α-hetero) is 1. The molecule has 2 aromatic carbocycles. The van der Waals surface area contributed by atoms with Gasteiger partial charge in [0, 0.05) is 18.8 Å². The lowest BCUT2D eigenvalue weighted by Crippen LogP contribution is -2.57. The van der Waals surface area contributed by atoms with Gasteiger partial charge in [0.25, 0.3) is 5.91 Å². The molecule has 2 aliphatic rings. The summed E-state index contributed by atoms with van der Waals surface area (Å²) in [5.41, 5.74) is 1.81. The number of nitrogens with zero attached hydrogens (tertiary/aromatic N) is 2. The summed E-state index contributed by atoms with van der Waals surface area (Å²) in [5, 5.41) is 0. The summed E-state index contributed by atoms with van der Waals surface area (Å²) in [5.74, 6) is -0.305. The second-order valence-electron chi connectivity index (χ2n) is 7.89. The average Bonchev–Trinajstić information content (AvgIpc) is 2.76. The Balaban J connectivity index is 1.45. The number of para-hydroxylation sites is 1. The molecule has 0 saturated carbocycles. The van der Waals surface area contributed by atoms with E-state index in [1.807, 2.05) is 36.4 Å². The Hall–Kier alpha value is -2.72. The van der Waals surface area contributed by atoms with Gasteiger partial charge in [-0.15, -0.1) is 0 Å². The SMILES string of the molecule is C=C1C(=O)N(c2ccccc2)CC2(CCN(CCc3ccccc3)CC2)C1=O. The van der Waals surface area contributed by atoms with Crippen molar-refractivity contribution in [3.63, 3.8) is 0 Å². The largest absolute Gasteiger partial charge is 0.307 e. The van der Waals surface area contributed by atoms with Crippen LogP contribution in [0.1, 0.15) is 18.4 Å². The van der Waals surface area contributed by atoms with Crippen molar-refractivity contribution in [2.75, 3.05) is 31.1 Å². The summed E-state index contributed by atoms with van der Waals surface area (Å²) in [6.07, 6.45) is 2.57. The van der Waals surface area contributed by atoms with E-state index in [9.17, 15) is 9.59 Å². The van der Waals surface area contributed by atoms with Gasteiger partial charge >= 0.3 is 0 Å². The molecule has 4 heteroatoms. The van der Waals surface area contributed by atoms with Gasteiger partial charge in [0.15, 0.2) is 5.78 Å². The number of rotatable bonds is 4. The van der Waals surface area contributed by atoms with Crippen LogP contribution in [-0.4, -0.2) is 42.8 Å². The number of piperidine rings is 2. The van der Waals surface area contributed by atoms with Crippen molar-refractivity contribution in [2.45, 2.75) is 19.3 Å². The molecule has 144 valence electrons. The van der Waals surface area contributed by atoms with E-state index < -0.39 is 5.41 Å². The standard InChI is InChI=1S/C24H26N2O2/c1-19-22(27)24(18-26(23(19)28)21-10-6-3-7-11-21)13-16-25(17-14-24)15-12-20-8-4-2-5-9-20/h2-11H,1,12-18H2. The molecule has 2 aromatic rings. The van der Waals surface area contributed by atoms with E-state index in [0.29, 0.717) is 6.54 Å². The number of amides is 1. The fourth-order valence-electron chi connectivity index (χ4n) is 4.36. The van der Waals surface area contributed by atoms with E-state index in [0.717, 1.165) is 44.6 Å². The van der Waals surface area contributed by atoms with Gasteiger partial charge < -0.3 is 9.80 Å². The number of hydrogen-bond donors (Lipinski definition) is 0. The molecule has 4 rings (SSSR count). The Morgan fingerprint density at radius 3 is 2.14 bits per heavy atom. The topological polar surface area (TPSA) is 40.6 Å². The minimum atomic E-state index is -0.496. The van der Waals surface area contributed by atoms with E-state index in [1.54, 1.807) is 4.90 Å². The van der Waals surface area contributed by atoms with Crippen LogP contribution in [0.5, 0.6) is 0 Å². The third-order valence-electron chi connectivity index (χ3n) is 6.16. The zero-order valence-electron chi connectivity index (χ0n) is 16.1. The smallest absolute Gasteiger partial charge is 0.261 e. The first-order valence-corrected chi connectivity index (χ1v) is 9.96. The monoisotopic (exact) mass is 374 g/mol. The van der Waals surface area contributed by atoms with E-state index in [4.69, 9.17) is 0 Å². The first-order chi connectivity index (χ1) is 13.6. The van der Waals surface area contributed by atoms with Crippen molar-refractivity contribution >= 4 is 17.4 Å². The summed E-state index contributed by atoms with van der Waals surface area (Å²) >= 11 is 0. The molecular weight excluding hydrogens is 348 g/mol. The highest BCUT2D eigenvalue weighted by Gasteiger charge is 2.49. The van der Waals surface area contributed by atoms with Crippen molar-refractivity contribution in [1.82, 2.24) is 4.90 Å². The fraction of sp³-hybridized carbons (Fsp3) is 0.333. The lowest BCUT2D eigenvalue weighted by Gasteiger charge is -2.46. The molecule has 1 amide bonds. The number of ketones is 1. The lowest BCUT2D eigenvalue weighted by atomic mass is 9.70. The summed E-state index contributed by atoms with van der Waals surface area (Å²) < 4.78 is 0. The molecule has 1 spiro atoms. The lowest BCUT2D eigenvalue weighted by molar-refractivity contribution is -0.132. The van der Waals surface area contributed by atoms with Gasteiger partial charge in [-0.05, 0) is 50.0 Å². The maximum absolute atomic E-state index is 13.0. The van der Waals surface area contributed by atoms with Crippen molar-refractivity contribution in [2.24, 2.45) is 5.41 Å². The van der Waals surface area contributed by atoms with Crippen molar-refractivity contribution in [3.05, 3.63) is 78.4 Å². The van der Waals surface area contributed by atoms with Crippen LogP contribution in [-0.2, 0) is 16.0 Å². The highest BCUT2D eigenvalue weighted by atomic mass is 16.2. The van der Waals surface area contributed by atoms with Gasteiger partial charge in [0.1, 0.15) is 0 Å². The quantitative estimate of drug-likeness (QED) is 0.608. The molecule has 28 heavy (non-hydrogen) atoms. The number of carbonyl (C=O) groups is 2. The molecule has 2 heterocycles. The maximum Gasteiger partial charge on any atom is 0.261 e. The van der Waals surface area contributed by atoms with Gasteiger partial charge in [0.2, 0.25) is 0 Å². The number of anilines is 1. The van der Waals surface area contributed by atoms with Crippen molar-refractivity contribution < 1.29 is 9.59 Å². The van der Waals surface area contributed by atoms with Gasteiger partial charge in [-0.1, -0.05) is 55.1 Å². The molecular formula is C24H26N2O2. The van der Waals surface area contributed by atoms with Crippen LogP contribution >= 0.6 is 0 Å². The predicted molar refractivity (Wildman–Crippen MR) is 111 cm³/mol. The van der Waals surface area contributed by atoms with Crippen LogP contribution < -0.4 is 4.90 Å². The first kappa shape index (κ1) is 18.6. The molecule has 0 bridgehead atoms. The van der Waals surface area contributed by atoms with E-state index in [1.165, 1.54) is 5.56 Å². The van der Waals surface area contributed by atoms with Crippen molar-refractivity contribution in [1.29, 1.82) is 0 Å². The van der Waals surface area contributed by atoms with Gasteiger partial charge in [0.05, 0.1) is 11.0 Å². The Bertz CT molecular complexity index is 868. The number of benzene rings is 2. The van der Waals surface area contributed by atoms with Crippen LogP contribution in [0, 0.1) is 5.41 Å². The van der Waals surface area contributed by atoms with Crippen LogP contribution in [0.15, 0.2) is 72.8 Å². The summed E-state index contributed by atoms with van der Waals surface area (Å²) in [7, 11) is 0. The predicted octanol–water partition coefficient (Wildman–Crippen LogP) is 3.48. The molecule has 0 N–H and O–H groups in total. The second-order valence-corrected chi connectivity index (χ2v) is 7.89. The third-order valence-corrected chi connectivity index (χ3v) is 6.16. The first-order valence-electron chi connectivity index (χ1n) is 9.96. The van der Waals surface area contributed by atoms with Gasteiger partial charge in [-0.25, -0.2) is 0 Å². The number of likely N-dealkylation sites (tertiary alicyclic amines) is 1. The zero-order valence-corrected chi connectivity index (χ0v) is 16.1. The Kier molecular flexibility index (Phi) is 5.14. The molecule has 0 radical (unpaired) electrons. The van der Waals surface area contributed by atoms with Crippen LogP contribution in [0.4, 0.5) is 5.69 Å². The fourth-order valence-corrected chi connectivity index (χ4v) is 4.36. The Morgan fingerprint density at radius 1 is 0.893 bits per heavy atom. The van der Waals surface area contributed by atoms with E-state index >= 15 is 0 Å². The van der Waals surface area contributed by atoms with Crippen LogP contribution in [0.3, 0.4) is 0 Å². The number of hydrogen-bond acceptors (Lipinski definition) is 3. The normalized spacial score (nSPS) is 20.0. The molecule has 0 aliphatic carbocycles. The minimum Gasteiger partial charge on any atom is -0.307 e. The van der Waals surface area contributed by atoms with E-state index in [2.05, 4.69) is 35.7 Å². The second kappa shape index (κ2) is 7.72. The minimum absolute atomic E-state index is 0.0487. The Labute approximate surface area is 166 Å². The molecule has 2 aliphatic heterocycles. The van der Waals surface area contributed by atoms with Crippen LogP contribution in [0.25, 0.3) is 0 Å². The average molecular weight is 374 g/mol. The summed E-state index contributed by atoms with van der Waals surface area (Å²) in [6.45, 7) is 7.05. The maximum atomic E-state index is 13.0. The molecule has 0 aromatic heterocycles. The number of carbonyl (C=O) groups excluding carboxylic acids is 2. The summed E-state index contributed by atoms with van der Waals surface area (Å²) in [6, 6.07) is 20.1. The molecule has 0 atom stereocenters.